The molecule has 3 unspecified atom stereocenters. The summed E-state index contributed by atoms with van der Waals surface area (Å²) in [7, 11) is 0. The third-order valence-corrected chi connectivity index (χ3v) is 21.2. The number of Topliss-reactive ketones (excluding diaryl/α,β-unsaturated/α-hetero) is 2. The van der Waals surface area contributed by atoms with Crippen molar-refractivity contribution in [2.75, 3.05) is 54.4 Å². The van der Waals surface area contributed by atoms with E-state index in [0.29, 0.717) is 60.4 Å². The van der Waals surface area contributed by atoms with Gasteiger partial charge in [0, 0.05) is 118 Å². The van der Waals surface area contributed by atoms with E-state index in [9.17, 15) is 41.9 Å². The Bertz CT molecular complexity index is 5020. The zero-order chi connectivity index (χ0) is 80.5. The van der Waals surface area contributed by atoms with E-state index in [0.717, 1.165) is 145 Å². The molecule has 3 atom stereocenters. The van der Waals surface area contributed by atoms with Gasteiger partial charge >= 0.3 is 6.18 Å². The number of hydrogen-bond acceptors (Lipinski definition) is 30. The maximum Gasteiger partial charge on any atom is 0.416 e. The summed E-state index contributed by atoms with van der Waals surface area (Å²) in [6.45, 7) is 9.51. The molecule has 38 heteroatoms. The highest BCUT2D eigenvalue weighted by molar-refractivity contribution is 9.11. The van der Waals surface area contributed by atoms with E-state index in [1.54, 1.807) is 37.1 Å². The van der Waals surface area contributed by atoms with Gasteiger partial charge in [-0.2, -0.15) is 38.7 Å². The normalized spacial score (nSPS) is 14.9. The number of amides is 4. The monoisotopic (exact) mass is 1680 g/mol. The first-order chi connectivity index (χ1) is 55.7. The maximum atomic E-state index is 12.5. The molecule has 0 bridgehead atoms. The topological polar surface area (TPSA) is 401 Å². The minimum atomic E-state index is -4.44. The molecule has 4 amide bonds. The van der Waals surface area contributed by atoms with Gasteiger partial charge in [0.2, 0.25) is 31.2 Å². The number of anilines is 3. The van der Waals surface area contributed by atoms with E-state index in [-0.39, 0.29) is 90.5 Å². The van der Waals surface area contributed by atoms with Gasteiger partial charge in [0.05, 0.1) is 90.0 Å². The van der Waals surface area contributed by atoms with Gasteiger partial charge in [0.1, 0.15) is 11.6 Å². The zero-order valence-corrected chi connectivity index (χ0v) is 66.0. The lowest BCUT2D eigenvalue weighted by molar-refractivity contribution is -0.137. The second kappa shape index (κ2) is 40.6. The van der Waals surface area contributed by atoms with Crippen LogP contribution in [-0.2, 0) is 72.3 Å². The number of alkyl halides is 3. The SMILES string of the molecule is Cc1ccnc(CNC(=O)c2nnc(N3CCC(c4ccc(CC(=O)Cc5ccccn5)nn4)C3)s2)c1.Cc1ccnc(CNC(=O)c2nnc(N3CCC(c4ccc(CC(=O)Cc5ccccn5)nn4)C3)s2)c1.O=C(Cc1ccccn1)Nc1ccc(C2CCNC2)nn1.O=C(NCc1cc(C(F)(F)F)ccn1)c1nnc(Br)s1. The van der Waals surface area contributed by atoms with Gasteiger partial charge in [0.15, 0.2) is 9.73 Å². The molecule has 3 saturated heterocycles. The van der Waals surface area contributed by atoms with Crippen LogP contribution >= 0.6 is 49.9 Å². The Morgan fingerprint density at radius 2 is 0.878 bits per heavy atom. The summed E-state index contributed by atoms with van der Waals surface area (Å²) in [6, 6.07) is 37.4. The van der Waals surface area contributed by atoms with Crippen molar-refractivity contribution in [3.63, 3.8) is 0 Å². The lowest BCUT2D eigenvalue weighted by Gasteiger charge is -2.13. The Hall–Kier alpha value is -12.1. The first-order valence-electron chi connectivity index (χ1n) is 36.3. The second-order valence-corrected chi connectivity index (χ2v) is 30.8. The van der Waals surface area contributed by atoms with Gasteiger partial charge in [-0.15, -0.1) is 35.7 Å². The second-order valence-electron chi connectivity index (χ2n) is 26.6. The summed E-state index contributed by atoms with van der Waals surface area (Å²) in [5.41, 5.74) is 9.37. The summed E-state index contributed by atoms with van der Waals surface area (Å²) in [6.07, 6.45) is 9.25. The molecule has 12 aromatic rings. The molecule has 12 aromatic heterocycles. The van der Waals surface area contributed by atoms with Crippen LogP contribution < -0.4 is 36.4 Å². The first-order valence-corrected chi connectivity index (χ1v) is 39.6. The lowest BCUT2D eigenvalue weighted by atomic mass is 10.0. The van der Waals surface area contributed by atoms with Crippen molar-refractivity contribution in [1.29, 1.82) is 0 Å². The number of aromatic nitrogens is 18. The Labute approximate surface area is 677 Å². The first kappa shape index (κ1) is 82.3. The highest BCUT2D eigenvalue weighted by atomic mass is 79.9. The number of carbonyl (C=O) groups is 6. The highest BCUT2D eigenvalue weighted by Crippen LogP contribution is 2.34. The van der Waals surface area contributed by atoms with Crippen molar-refractivity contribution in [1.82, 2.24) is 112 Å². The summed E-state index contributed by atoms with van der Waals surface area (Å²) in [5.74, 6) is 0.215. The minimum Gasteiger partial charge on any atom is -0.346 e. The third kappa shape index (κ3) is 25.2. The molecule has 3 fully saturated rings. The Kier molecular flexibility index (Phi) is 29.0. The van der Waals surface area contributed by atoms with Crippen LogP contribution in [0.15, 0.2) is 168 Å². The van der Waals surface area contributed by atoms with Gasteiger partial charge in [-0.25, -0.2) is 0 Å². The largest absolute Gasteiger partial charge is 0.416 e. The van der Waals surface area contributed by atoms with Crippen molar-refractivity contribution in [2.45, 2.75) is 109 Å². The summed E-state index contributed by atoms with van der Waals surface area (Å²) in [5, 5.41) is 65.8. The average molecular weight is 1680 g/mol. The molecular weight excluding hydrogens is 1600 g/mol. The summed E-state index contributed by atoms with van der Waals surface area (Å²) >= 11 is 6.63. The predicted molar refractivity (Wildman–Crippen MR) is 423 cm³/mol. The van der Waals surface area contributed by atoms with Crippen molar-refractivity contribution >= 4 is 101 Å². The lowest BCUT2D eigenvalue weighted by Crippen LogP contribution is -2.23. The molecule has 0 spiro atoms. The van der Waals surface area contributed by atoms with Crippen LogP contribution in [0.5, 0.6) is 0 Å². The van der Waals surface area contributed by atoms with Crippen molar-refractivity contribution in [2.24, 2.45) is 0 Å². The van der Waals surface area contributed by atoms with Gasteiger partial charge in [0.25, 0.3) is 17.7 Å². The van der Waals surface area contributed by atoms with Crippen LogP contribution in [0, 0.1) is 13.8 Å². The molecule has 3 aliphatic heterocycles. The highest BCUT2D eigenvalue weighted by Gasteiger charge is 2.33. The van der Waals surface area contributed by atoms with Gasteiger partial charge < -0.3 is 36.4 Å². The van der Waals surface area contributed by atoms with Crippen LogP contribution in [-0.4, -0.2) is 166 Å². The Morgan fingerprint density at radius 3 is 1.30 bits per heavy atom. The Morgan fingerprint density at radius 1 is 0.443 bits per heavy atom. The molecule has 0 radical (unpaired) electrons. The van der Waals surface area contributed by atoms with Gasteiger partial charge in [-0.05, 0) is 176 Å². The van der Waals surface area contributed by atoms with Gasteiger partial charge in [-0.3, -0.25) is 58.7 Å². The minimum absolute atomic E-state index is 0.0547. The van der Waals surface area contributed by atoms with E-state index >= 15 is 0 Å². The van der Waals surface area contributed by atoms with Crippen molar-refractivity contribution < 1.29 is 41.9 Å². The predicted octanol–water partition coefficient (Wildman–Crippen LogP) is 9.18. The summed E-state index contributed by atoms with van der Waals surface area (Å²) in [4.78, 5) is 102. The van der Waals surface area contributed by atoms with E-state index in [4.69, 9.17) is 0 Å². The number of halogens is 4. The number of nitrogens with zero attached hydrogens (tertiary/aromatic N) is 20. The number of pyridine rings is 6. The molecule has 15 heterocycles. The average Bonchev–Trinajstić information content (AvgIpc) is 1.62. The molecule has 0 saturated carbocycles. The van der Waals surface area contributed by atoms with Crippen LogP contribution in [0.2, 0.25) is 0 Å². The van der Waals surface area contributed by atoms with E-state index < -0.39 is 17.6 Å². The standard InChI is InChI=1S/2C26H26N8O2S.C15H17N5O.C10H6BrF3N4OS/c2*1-17-7-10-28-21(12-17)15-29-24(36)25-32-33-26(37-25)34-11-8-18(16-34)23-6-5-20(30-31-23)14-22(35)13-19-4-2-3-9-27-19;21-15(9-12-3-1-2-7-17-12)18-14-5-4-13(19-20-14)11-6-8-16-10-11;11-9-18-17-8(20-9)7(19)16-4-6-3-5(1-2-15-6)10(12,13)14/h2*2-7,9-10,12,18H,8,11,13-16H2,1H3,(H,29,36);1-5,7,11,16H,6,8-10H2,(H,18,20,21);1-3H,4H2,(H,16,19). The fourth-order valence-corrected chi connectivity index (χ4v) is 14.7. The van der Waals surface area contributed by atoms with E-state index in [1.807, 2.05) is 123 Å². The number of aryl methyl sites for hydroxylation is 2. The Balaban J connectivity index is 0.000000147. The van der Waals surface area contributed by atoms with Gasteiger partial charge in [-0.1, -0.05) is 52.2 Å². The maximum absolute atomic E-state index is 12.5. The summed E-state index contributed by atoms with van der Waals surface area (Å²) < 4.78 is 37.9. The van der Waals surface area contributed by atoms with Crippen LogP contribution in [0.4, 0.5) is 29.3 Å². The number of ketones is 2. The molecule has 0 aromatic carbocycles. The van der Waals surface area contributed by atoms with Crippen molar-refractivity contribution in [3.8, 4) is 0 Å². The molecule has 0 aliphatic carbocycles. The molecule has 5 N–H and O–H groups in total. The quantitative estimate of drug-likeness (QED) is 0.0356. The zero-order valence-electron chi connectivity index (χ0n) is 62.0. The molecule has 15 rings (SSSR count). The van der Waals surface area contributed by atoms with E-state index in [1.165, 1.54) is 22.7 Å². The molecular formula is C77H75BrF3N25O6S3. The fourth-order valence-electron chi connectivity index (χ4n) is 12.1. The van der Waals surface area contributed by atoms with Crippen LogP contribution in [0.25, 0.3) is 0 Å². The molecule has 31 nitrogen and oxygen atoms in total. The fraction of sp³-hybridized carbons (Fsp3) is 0.299. The smallest absolute Gasteiger partial charge is 0.346 e. The van der Waals surface area contributed by atoms with Crippen LogP contribution in [0.1, 0.15) is 146 Å². The van der Waals surface area contributed by atoms with E-state index in [2.05, 4.69) is 143 Å². The van der Waals surface area contributed by atoms with Crippen molar-refractivity contribution in [3.05, 3.63) is 263 Å². The number of nitrogens with one attached hydrogen (secondary N) is 5. The molecule has 590 valence electrons. The number of hydrogen-bond donors (Lipinski definition) is 5. The molecule has 3 aliphatic rings. The number of rotatable bonds is 25. The number of carbonyl (C=O) groups excluding carboxylic acids is 6. The van der Waals surface area contributed by atoms with Crippen LogP contribution in [0.3, 0.4) is 0 Å². The third-order valence-electron chi connectivity index (χ3n) is 17.9. The molecule has 115 heavy (non-hydrogen) atoms.